The van der Waals surface area contributed by atoms with Crippen LogP contribution in [0.3, 0.4) is 0 Å². The van der Waals surface area contributed by atoms with E-state index < -0.39 is 6.36 Å². The zero-order valence-electron chi connectivity index (χ0n) is 16.6. The second-order valence-electron chi connectivity index (χ2n) is 5.72. The fourth-order valence-corrected chi connectivity index (χ4v) is 2.54. The second kappa shape index (κ2) is 11.6. The van der Waals surface area contributed by atoms with Crippen LogP contribution in [0.1, 0.15) is 5.56 Å². The van der Waals surface area contributed by atoms with Gasteiger partial charge in [-0.2, -0.15) is 0 Å². The minimum absolute atomic E-state index is 0. The van der Waals surface area contributed by atoms with Crippen molar-refractivity contribution < 1.29 is 32.1 Å². The molecule has 7 nitrogen and oxygen atoms in total. The number of hydrogen-bond donors (Lipinski definition) is 2. The molecule has 0 aliphatic rings. The van der Waals surface area contributed by atoms with Crippen LogP contribution in [-0.2, 0) is 6.42 Å². The van der Waals surface area contributed by atoms with Crippen molar-refractivity contribution in [2.45, 2.75) is 12.8 Å². The number of nitrogens with two attached hydrogens (primary N) is 1. The molecule has 0 unspecified atom stereocenters. The van der Waals surface area contributed by atoms with E-state index in [4.69, 9.17) is 19.9 Å². The molecule has 2 aromatic rings. The summed E-state index contributed by atoms with van der Waals surface area (Å²) in [6.45, 7) is 0.327. The lowest BCUT2D eigenvalue weighted by atomic mass is 10.1. The van der Waals surface area contributed by atoms with Crippen molar-refractivity contribution in [3.05, 3.63) is 42.0 Å². The Balaban J connectivity index is 0.00000450. The van der Waals surface area contributed by atoms with E-state index in [2.05, 4.69) is 15.0 Å². The van der Waals surface area contributed by atoms with Gasteiger partial charge in [0.05, 0.1) is 21.3 Å². The van der Waals surface area contributed by atoms with Gasteiger partial charge in [0.1, 0.15) is 23.0 Å². The van der Waals surface area contributed by atoms with E-state index >= 15 is 0 Å². The van der Waals surface area contributed by atoms with Crippen LogP contribution in [0.5, 0.6) is 23.0 Å². The van der Waals surface area contributed by atoms with E-state index in [-0.39, 0.29) is 35.7 Å². The first-order valence-electron chi connectivity index (χ1n) is 8.47. The number of ether oxygens (including phenoxy) is 4. The highest BCUT2D eigenvalue weighted by atomic mass is 127. The molecule has 0 spiro atoms. The summed E-state index contributed by atoms with van der Waals surface area (Å²) in [5.74, 6) is 1.59. The maximum absolute atomic E-state index is 12.2. The fourth-order valence-electron chi connectivity index (χ4n) is 2.54. The molecule has 2 aromatic carbocycles. The molecule has 0 aliphatic heterocycles. The molecular weight excluding hydrogens is 518 g/mol. The fraction of sp³-hybridized carbons (Fsp3) is 0.316. The van der Waals surface area contributed by atoms with Crippen molar-refractivity contribution >= 4 is 35.6 Å². The van der Waals surface area contributed by atoms with E-state index in [0.29, 0.717) is 35.9 Å². The molecule has 2 rings (SSSR count). The third-order valence-electron chi connectivity index (χ3n) is 3.82. The normalized spacial score (nSPS) is 11.3. The number of methoxy groups -OCH3 is 3. The summed E-state index contributed by atoms with van der Waals surface area (Å²) in [6, 6.07) is 8.64. The molecule has 0 heterocycles. The SMILES string of the molecule is COc1cc(OC)c(CCN=C(N)Nc2ccc(OC(F)(F)F)cc2)c(OC)c1.I. The Morgan fingerprint density at radius 2 is 1.53 bits per heavy atom. The number of guanidine groups is 1. The van der Waals surface area contributed by atoms with Crippen LogP contribution in [0.15, 0.2) is 41.4 Å². The number of aliphatic imine (C=N–C) groups is 1. The molecule has 0 radical (unpaired) electrons. The summed E-state index contributed by atoms with van der Waals surface area (Å²) < 4.78 is 56.3. The van der Waals surface area contributed by atoms with Crippen molar-refractivity contribution in [2.24, 2.45) is 10.7 Å². The molecule has 0 fully saturated rings. The summed E-state index contributed by atoms with van der Waals surface area (Å²) in [5, 5.41) is 2.80. The highest BCUT2D eigenvalue weighted by Gasteiger charge is 2.30. The molecular formula is C19H23F3IN3O4. The molecule has 3 N–H and O–H groups in total. The van der Waals surface area contributed by atoms with Crippen molar-refractivity contribution in [3.63, 3.8) is 0 Å². The molecule has 0 aromatic heterocycles. The van der Waals surface area contributed by atoms with Crippen LogP contribution in [-0.4, -0.2) is 40.2 Å². The van der Waals surface area contributed by atoms with Crippen LogP contribution in [0.2, 0.25) is 0 Å². The van der Waals surface area contributed by atoms with Gasteiger partial charge in [-0.25, -0.2) is 0 Å². The number of halogens is 4. The Morgan fingerprint density at radius 1 is 0.967 bits per heavy atom. The minimum Gasteiger partial charge on any atom is -0.496 e. The monoisotopic (exact) mass is 541 g/mol. The second-order valence-corrected chi connectivity index (χ2v) is 5.72. The third kappa shape index (κ3) is 7.69. The molecule has 0 aliphatic carbocycles. The summed E-state index contributed by atoms with van der Waals surface area (Å²) in [6.07, 6.45) is -4.25. The van der Waals surface area contributed by atoms with Gasteiger partial charge in [-0.15, -0.1) is 37.1 Å². The lowest BCUT2D eigenvalue weighted by Crippen LogP contribution is -2.23. The van der Waals surface area contributed by atoms with E-state index in [9.17, 15) is 13.2 Å². The van der Waals surface area contributed by atoms with Gasteiger partial charge in [-0.05, 0) is 30.7 Å². The molecule has 0 amide bonds. The highest BCUT2D eigenvalue weighted by molar-refractivity contribution is 14.0. The Kier molecular flexibility index (Phi) is 9.82. The quantitative estimate of drug-likeness (QED) is 0.296. The van der Waals surface area contributed by atoms with E-state index in [1.807, 2.05) is 0 Å². The van der Waals surface area contributed by atoms with Crippen LogP contribution in [0.25, 0.3) is 0 Å². The molecule has 0 saturated carbocycles. The predicted octanol–water partition coefficient (Wildman–Crippen LogP) is 4.20. The van der Waals surface area contributed by atoms with Crippen LogP contribution >= 0.6 is 24.0 Å². The van der Waals surface area contributed by atoms with Crippen LogP contribution < -0.4 is 30.0 Å². The first-order chi connectivity index (χ1) is 13.8. The van der Waals surface area contributed by atoms with Gasteiger partial charge in [-0.3, -0.25) is 4.99 Å². The summed E-state index contributed by atoms with van der Waals surface area (Å²) in [5.41, 5.74) is 7.12. The third-order valence-corrected chi connectivity index (χ3v) is 3.82. The maximum atomic E-state index is 12.2. The van der Waals surface area contributed by atoms with Gasteiger partial charge in [0, 0.05) is 29.9 Å². The van der Waals surface area contributed by atoms with Crippen molar-refractivity contribution in [3.8, 4) is 23.0 Å². The summed E-state index contributed by atoms with van der Waals surface area (Å²) in [4.78, 5) is 4.22. The van der Waals surface area contributed by atoms with Crippen molar-refractivity contribution in [2.75, 3.05) is 33.2 Å². The van der Waals surface area contributed by atoms with Gasteiger partial charge in [0.25, 0.3) is 0 Å². The molecule has 0 bridgehead atoms. The molecule has 166 valence electrons. The number of hydrogen-bond acceptors (Lipinski definition) is 5. The highest BCUT2D eigenvalue weighted by Crippen LogP contribution is 2.34. The predicted molar refractivity (Wildman–Crippen MR) is 118 cm³/mol. The molecule has 0 atom stereocenters. The largest absolute Gasteiger partial charge is 0.573 e. The number of nitrogens with zero attached hydrogens (tertiary/aromatic N) is 1. The zero-order valence-corrected chi connectivity index (χ0v) is 18.9. The Hall–Kier alpha value is -2.57. The summed E-state index contributed by atoms with van der Waals surface area (Å²) >= 11 is 0. The average Bonchev–Trinajstić information content (AvgIpc) is 2.68. The Morgan fingerprint density at radius 3 is 2.00 bits per heavy atom. The van der Waals surface area contributed by atoms with Gasteiger partial charge >= 0.3 is 6.36 Å². The lowest BCUT2D eigenvalue weighted by molar-refractivity contribution is -0.274. The standard InChI is InChI=1S/C19H22F3N3O4.HI/c1-26-14-10-16(27-2)15(17(11-14)28-3)8-9-24-18(23)25-12-4-6-13(7-5-12)29-19(20,21)22;/h4-7,10-11H,8-9H2,1-3H3,(H3,23,24,25);1H. The van der Waals surface area contributed by atoms with E-state index in [1.54, 1.807) is 33.5 Å². The van der Waals surface area contributed by atoms with Gasteiger partial charge < -0.3 is 30.0 Å². The van der Waals surface area contributed by atoms with E-state index in [1.165, 1.54) is 24.3 Å². The average molecular weight is 541 g/mol. The molecule has 30 heavy (non-hydrogen) atoms. The van der Waals surface area contributed by atoms with Crippen LogP contribution in [0, 0.1) is 0 Å². The number of benzene rings is 2. The summed E-state index contributed by atoms with van der Waals surface area (Å²) in [7, 11) is 4.64. The van der Waals surface area contributed by atoms with Crippen molar-refractivity contribution in [1.29, 1.82) is 0 Å². The van der Waals surface area contributed by atoms with E-state index in [0.717, 1.165) is 5.56 Å². The van der Waals surface area contributed by atoms with Gasteiger partial charge in [0.2, 0.25) is 0 Å². The smallest absolute Gasteiger partial charge is 0.496 e. The first kappa shape index (κ1) is 25.5. The number of alkyl halides is 3. The first-order valence-corrected chi connectivity index (χ1v) is 8.47. The Labute approximate surface area is 189 Å². The Bertz CT molecular complexity index is 821. The molecule has 0 saturated heterocycles. The van der Waals surface area contributed by atoms with Crippen molar-refractivity contribution in [1.82, 2.24) is 0 Å². The zero-order chi connectivity index (χ0) is 21.4. The molecule has 11 heteroatoms. The van der Waals surface area contributed by atoms with Gasteiger partial charge in [0.15, 0.2) is 5.96 Å². The minimum atomic E-state index is -4.74. The number of nitrogens with one attached hydrogen (secondary N) is 1. The van der Waals surface area contributed by atoms with Crippen LogP contribution in [0.4, 0.5) is 18.9 Å². The number of rotatable bonds is 8. The lowest BCUT2D eigenvalue weighted by Gasteiger charge is -2.14. The topological polar surface area (TPSA) is 87.3 Å². The van der Waals surface area contributed by atoms with Gasteiger partial charge in [-0.1, -0.05) is 0 Å². The number of anilines is 1. The maximum Gasteiger partial charge on any atom is 0.573 e.